The van der Waals surface area contributed by atoms with Crippen LogP contribution < -0.4 is 5.32 Å². The van der Waals surface area contributed by atoms with Crippen LogP contribution in [-0.2, 0) is 4.79 Å². The van der Waals surface area contributed by atoms with Crippen molar-refractivity contribution in [1.29, 1.82) is 0 Å². The van der Waals surface area contributed by atoms with Crippen LogP contribution in [0.2, 0.25) is 0 Å². The molecule has 0 saturated heterocycles. The summed E-state index contributed by atoms with van der Waals surface area (Å²) in [6.45, 7) is 4.89. The summed E-state index contributed by atoms with van der Waals surface area (Å²) in [7, 11) is 1.91. The maximum Gasteiger partial charge on any atom is 0.251 e. The molecule has 5 rings (SSSR count). The zero-order valence-corrected chi connectivity index (χ0v) is 16.9. The first kappa shape index (κ1) is 18.5. The molecule has 4 saturated carbocycles. The fourth-order valence-electron chi connectivity index (χ4n) is 6.57. The molecular weight excluding hydrogens is 336 g/mol. The Labute approximate surface area is 162 Å². The minimum Gasteiger partial charge on any atom is -0.344 e. The third-order valence-corrected chi connectivity index (χ3v) is 7.05. The molecule has 0 heterocycles. The van der Waals surface area contributed by atoms with Gasteiger partial charge >= 0.3 is 0 Å². The lowest BCUT2D eigenvalue weighted by atomic mass is 9.49. The summed E-state index contributed by atoms with van der Waals surface area (Å²) in [5.41, 5.74) is 3.09. The predicted octanol–water partition coefficient (Wildman–Crippen LogP) is 3.71. The molecule has 27 heavy (non-hydrogen) atoms. The zero-order chi connectivity index (χ0) is 19.2. The molecule has 0 aromatic heterocycles. The average Bonchev–Trinajstić information content (AvgIpc) is 2.56. The fraction of sp³-hybridized carbons (Fsp3) is 0.652. The van der Waals surface area contributed by atoms with E-state index >= 15 is 0 Å². The highest BCUT2D eigenvalue weighted by molar-refractivity contribution is 5.96. The lowest BCUT2D eigenvalue weighted by Gasteiger charge is -2.57. The van der Waals surface area contributed by atoms with Crippen molar-refractivity contribution in [3.63, 3.8) is 0 Å². The number of carbonyl (C=O) groups is 2. The second-order valence-electron chi connectivity index (χ2n) is 9.73. The number of nitrogens with zero attached hydrogens (tertiary/aromatic N) is 1. The van der Waals surface area contributed by atoms with Crippen molar-refractivity contribution in [2.45, 2.75) is 52.4 Å². The minimum absolute atomic E-state index is 0.0171. The number of carbonyl (C=O) groups excluding carboxylic acids is 2. The third kappa shape index (κ3) is 3.90. The van der Waals surface area contributed by atoms with E-state index in [-0.39, 0.29) is 18.4 Å². The quantitative estimate of drug-likeness (QED) is 0.861. The molecule has 0 aliphatic heterocycles. The van der Waals surface area contributed by atoms with Crippen molar-refractivity contribution in [2.75, 3.05) is 20.1 Å². The molecule has 2 amide bonds. The van der Waals surface area contributed by atoms with E-state index in [2.05, 4.69) is 5.32 Å². The van der Waals surface area contributed by atoms with Gasteiger partial charge in [0, 0.05) is 19.2 Å². The first-order valence-corrected chi connectivity index (χ1v) is 10.4. The number of rotatable bonds is 5. The Morgan fingerprint density at radius 2 is 1.52 bits per heavy atom. The van der Waals surface area contributed by atoms with E-state index in [4.69, 9.17) is 0 Å². The number of hydrogen-bond acceptors (Lipinski definition) is 2. The smallest absolute Gasteiger partial charge is 0.251 e. The lowest BCUT2D eigenvalue weighted by Crippen LogP contribution is -2.52. The van der Waals surface area contributed by atoms with Gasteiger partial charge in [-0.05, 0) is 87.7 Å². The van der Waals surface area contributed by atoms with Gasteiger partial charge in [-0.15, -0.1) is 0 Å². The second kappa shape index (κ2) is 6.96. The lowest BCUT2D eigenvalue weighted by molar-refractivity contribution is -0.134. The van der Waals surface area contributed by atoms with Gasteiger partial charge in [-0.1, -0.05) is 17.2 Å². The molecule has 4 aliphatic carbocycles. The van der Waals surface area contributed by atoms with Crippen LogP contribution in [0.1, 0.15) is 60.0 Å². The summed E-state index contributed by atoms with van der Waals surface area (Å²) in [6, 6.07) is 5.78. The average molecular weight is 369 g/mol. The molecular formula is C23H32N2O2. The molecule has 0 spiro atoms. The monoisotopic (exact) mass is 368 g/mol. The SMILES string of the molecule is Cc1cc(C)cc(C(=O)NCC(=O)N(C)CC23CC4CC(CC(C4)C2)C3)c1. The Balaban J connectivity index is 1.32. The number of likely N-dealkylation sites (N-methyl/N-ethyl adjacent to an activating group) is 1. The Kier molecular flexibility index (Phi) is 4.77. The van der Waals surface area contributed by atoms with Gasteiger partial charge in [-0.25, -0.2) is 0 Å². The predicted molar refractivity (Wildman–Crippen MR) is 106 cm³/mol. The fourth-order valence-corrected chi connectivity index (χ4v) is 6.57. The van der Waals surface area contributed by atoms with E-state index in [1.54, 1.807) is 0 Å². The first-order chi connectivity index (χ1) is 12.8. The Hall–Kier alpha value is -1.84. The van der Waals surface area contributed by atoms with E-state index in [0.717, 1.165) is 35.4 Å². The second-order valence-corrected chi connectivity index (χ2v) is 9.73. The van der Waals surface area contributed by atoms with Crippen molar-refractivity contribution in [3.8, 4) is 0 Å². The summed E-state index contributed by atoms with van der Waals surface area (Å²) in [4.78, 5) is 26.9. The third-order valence-electron chi connectivity index (χ3n) is 7.05. The van der Waals surface area contributed by atoms with E-state index < -0.39 is 0 Å². The first-order valence-electron chi connectivity index (χ1n) is 10.4. The van der Waals surface area contributed by atoms with Gasteiger partial charge in [0.15, 0.2) is 0 Å². The van der Waals surface area contributed by atoms with Crippen LogP contribution >= 0.6 is 0 Å². The molecule has 4 heteroatoms. The molecule has 0 radical (unpaired) electrons. The largest absolute Gasteiger partial charge is 0.344 e. The highest BCUT2D eigenvalue weighted by Gasteiger charge is 2.51. The van der Waals surface area contributed by atoms with Crippen LogP contribution in [0.5, 0.6) is 0 Å². The van der Waals surface area contributed by atoms with E-state index in [1.807, 2.05) is 44.0 Å². The number of benzene rings is 1. The normalized spacial score (nSPS) is 31.0. The van der Waals surface area contributed by atoms with Gasteiger partial charge in [-0.3, -0.25) is 9.59 Å². The van der Waals surface area contributed by atoms with Gasteiger partial charge in [0.1, 0.15) is 0 Å². The van der Waals surface area contributed by atoms with Gasteiger partial charge in [0.2, 0.25) is 5.91 Å². The molecule has 1 N–H and O–H groups in total. The van der Waals surface area contributed by atoms with Crippen molar-refractivity contribution in [1.82, 2.24) is 10.2 Å². The summed E-state index contributed by atoms with van der Waals surface area (Å²) in [5.74, 6) is 2.53. The van der Waals surface area contributed by atoms with Crippen molar-refractivity contribution >= 4 is 11.8 Å². The van der Waals surface area contributed by atoms with Crippen LogP contribution in [0.4, 0.5) is 0 Å². The van der Waals surface area contributed by atoms with Gasteiger partial charge in [0.05, 0.1) is 6.54 Å². The van der Waals surface area contributed by atoms with Gasteiger partial charge in [0.25, 0.3) is 5.91 Å². The van der Waals surface area contributed by atoms with E-state index in [9.17, 15) is 9.59 Å². The van der Waals surface area contributed by atoms with E-state index in [0.29, 0.717) is 11.0 Å². The molecule has 1 aromatic carbocycles. The van der Waals surface area contributed by atoms with Crippen molar-refractivity contribution < 1.29 is 9.59 Å². The van der Waals surface area contributed by atoms with Gasteiger partial charge in [-0.2, -0.15) is 0 Å². The summed E-state index contributed by atoms with van der Waals surface area (Å²) >= 11 is 0. The van der Waals surface area contributed by atoms with Crippen molar-refractivity contribution in [2.24, 2.45) is 23.2 Å². The molecule has 0 unspecified atom stereocenters. The Bertz CT molecular complexity index is 699. The Morgan fingerprint density at radius 3 is 2.04 bits per heavy atom. The molecule has 4 fully saturated rings. The van der Waals surface area contributed by atoms with Gasteiger partial charge < -0.3 is 10.2 Å². The number of aryl methyl sites for hydroxylation is 2. The Morgan fingerprint density at radius 1 is 1.00 bits per heavy atom. The van der Waals surface area contributed by atoms with Crippen LogP contribution in [0.3, 0.4) is 0 Å². The zero-order valence-electron chi connectivity index (χ0n) is 16.9. The van der Waals surface area contributed by atoms with Crippen LogP contribution in [0.15, 0.2) is 18.2 Å². The molecule has 4 aliphatic rings. The molecule has 4 bridgehead atoms. The van der Waals surface area contributed by atoms with Crippen LogP contribution in [-0.4, -0.2) is 36.9 Å². The topological polar surface area (TPSA) is 49.4 Å². The number of amides is 2. The van der Waals surface area contributed by atoms with E-state index in [1.165, 1.54) is 38.5 Å². The highest BCUT2D eigenvalue weighted by atomic mass is 16.2. The summed E-state index contributed by atoms with van der Waals surface area (Å²) < 4.78 is 0. The van der Waals surface area contributed by atoms with Crippen molar-refractivity contribution in [3.05, 3.63) is 34.9 Å². The highest BCUT2D eigenvalue weighted by Crippen LogP contribution is 2.60. The molecule has 0 atom stereocenters. The molecule has 4 nitrogen and oxygen atoms in total. The van der Waals surface area contributed by atoms with Crippen LogP contribution in [0.25, 0.3) is 0 Å². The molecule has 1 aromatic rings. The standard InChI is InChI=1S/C23H32N2O2/c1-15-4-16(2)6-20(5-15)22(27)24-13-21(26)25(3)14-23-10-17-7-18(11-23)9-19(8-17)12-23/h4-6,17-19H,7-14H2,1-3H3,(H,24,27). The number of nitrogens with one attached hydrogen (secondary N) is 1. The maximum atomic E-state index is 12.6. The summed E-state index contributed by atoms with van der Waals surface area (Å²) in [5, 5.41) is 2.81. The number of hydrogen-bond donors (Lipinski definition) is 1. The van der Waals surface area contributed by atoms with Crippen LogP contribution in [0, 0.1) is 37.0 Å². The summed E-state index contributed by atoms with van der Waals surface area (Å²) in [6.07, 6.45) is 8.15. The molecule has 146 valence electrons. The minimum atomic E-state index is -0.168. The maximum absolute atomic E-state index is 12.6.